The summed E-state index contributed by atoms with van der Waals surface area (Å²) in [5.41, 5.74) is 5.63. The zero-order valence-electron chi connectivity index (χ0n) is 11.8. The van der Waals surface area contributed by atoms with Crippen LogP contribution in [0, 0.1) is 0 Å². The summed E-state index contributed by atoms with van der Waals surface area (Å²) in [7, 11) is 0. The van der Waals surface area contributed by atoms with E-state index in [0.717, 1.165) is 32.4 Å². The van der Waals surface area contributed by atoms with E-state index >= 15 is 0 Å². The van der Waals surface area contributed by atoms with Crippen molar-refractivity contribution < 1.29 is 4.79 Å². The third kappa shape index (κ3) is 11.1. The highest BCUT2D eigenvalue weighted by atomic mass is 35.5. The van der Waals surface area contributed by atoms with Gasteiger partial charge in [-0.15, -0.1) is 24.8 Å². The zero-order chi connectivity index (χ0) is 12.4. The number of hydrogen-bond acceptors (Lipinski definition) is 3. The van der Waals surface area contributed by atoms with Gasteiger partial charge in [0.15, 0.2) is 0 Å². The van der Waals surface area contributed by atoms with E-state index in [4.69, 9.17) is 5.73 Å². The van der Waals surface area contributed by atoms with E-state index < -0.39 is 0 Å². The molecule has 0 bridgehead atoms. The molecule has 0 fully saturated rings. The summed E-state index contributed by atoms with van der Waals surface area (Å²) in [6.07, 6.45) is 3.24. The molecule has 0 aromatic rings. The highest BCUT2D eigenvalue weighted by Gasteiger charge is 2.12. The van der Waals surface area contributed by atoms with Crippen molar-refractivity contribution in [2.45, 2.75) is 46.1 Å². The Hall–Kier alpha value is -0.0300. The Labute approximate surface area is 124 Å². The number of amides is 1. The van der Waals surface area contributed by atoms with E-state index in [1.54, 1.807) is 0 Å². The molecule has 0 saturated heterocycles. The first-order chi connectivity index (χ1) is 7.67. The molecule has 1 unspecified atom stereocenters. The van der Waals surface area contributed by atoms with E-state index in [2.05, 4.69) is 31.0 Å². The van der Waals surface area contributed by atoms with Gasteiger partial charge < -0.3 is 11.1 Å². The summed E-state index contributed by atoms with van der Waals surface area (Å²) in [6.45, 7) is 9.10. The number of nitrogens with zero attached hydrogens (tertiary/aromatic N) is 1. The van der Waals surface area contributed by atoms with Gasteiger partial charge in [-0.3, -0.25) is 9.69 Å². The fourth-order valence-corrected chi connectivity index (χ4v) is 1.62. The van der Waals surface area contributed by atoms with Gasteiger partial charge in [-0.05, 0) is 19.5 Å². The Morgan fingerprint density at radius 2 is 1.78 bits per heavy atom. The third-order valence-corrected chi connectivity index (χ3v) is 2.82. The molecule has 0 heterocycles. The highest BCUT2D eigenvalue weighted by Crippen LogP contribution is 1.99. The van der Waals surface area contributed by atoms with Gasteiger partial charge in [0, 0.05) is 12.6 Å². The molecule has 0 saturated carbocycles. The normalized spacial score (nSPS) is 11.4. The second-order valence-corrected chi connectivity index (χ2v) is 4.10. The number of carbonyl (C=O) groups excluding carboxylic acids is 1. The van der Waals surface area contributed by atoms with E-state index in [-0.39, 0.29) is 36.8 Å². The summed E-state index contributed by atoms with van der Waals surface area (Å²) < 4.78 is 0. The number of halogens is 2. The van der Waals surface area contributed by atoms with Crippen molar-refractivity contribution in [3.05, 3.63) is 0 Å². The van der Waals surface area contributed by atoms with Gasteiger partial charge in [0.05, 0.1) is 6.54 Å². The van der Waals surface area contributed by atoms with Crippen molar-refractivity contribution in [3.63, 3.8) is 0 Å². The first-order valence-electron chi connectivity index (χ1n) is 6.39. The molecule has 0 radical (unpaired) electrons. The predicted molar refractivity (Wildman–Crippen MR) is 82.8 cm³/mol. The molecule has 0 aliphatic rings. The quantitative estimate of drug-likeness (QED) is 0.683. The minimum atomic E-state index is 0. The second kappa shape index (κ2) is 15.0. The standard InChI is InChI=1S/C12H27N3O.2ClH/c1-4-7-8-11(9-13)14-12(16)10-15(5-2)6-3;;/h11H,4-10,13H2,1-3H3,(H,14,16);2*1H. The fraction of sp³-hybridized carbons (Fsp3) is 0.917. The maximum absolute atomic E-state index is 11.7. The number of nitrogens with two attached hydrogens (primary N) is 1. The van der Waals surface area contributed by atoms with Crippen LogP contribution in [0.25, 0.3) is 0 Å². The molecule has 6 heteroatoms. The minimum Gasteiger partial charge on any atom is -0.351 e. The average molecular weight is 302 g/mol. The molecule has 0 spiro atoms. The van der Waals surface area contributed by atoms with Crippen molar-refractivity contribution >= 4 is 30.7 Å². The molecule has 18 heavy (non-hydrogen) atoms. The van der Waals surface area contributed by atoms with Crippen molar-refractivity contribution in [3.8, 4) is 0 Å². The Morgan fingerprint density at radius 1 is 1.22 bits per heavy atom. The molecule has 0 rings (SSSR count). The number of hydrogen-bond donors (Lipinski definition) is 2. The van der Waals surface area contributed by atoms with Gasteiger partial charge in [-0.2, -0.15) is 0 Å². The van der Waals surface area contributed by atoms with Gasteiger partial charge in [-0.25, -0.2) is 0 Å². The zero-order valence-corrected chi connectivity index (χ0v) is 13.4. The third-order valence-electron chi connectivity index (χ3n) is 2.82. The summed E-state index contributed by atoms with van der Waals surface area (Å²) in [5.74, 6) is 0.0928. The van der Waals surface area contributed by atoms with Crippen LogP contribution in [-0.2, 0) is 4.79 Å². The van der Waals surface area contributed by atoms with Gasteiger partial charge >= 0.3 is 0 Å². The topological polar surface area (TPSA) is 58.4 Å². The van der Waals surface area contributed by atoms with Crippen molar-refractivity contribution in [2.75, 3.05) is 26.2 Å². The Kier molecular flexibility index (Phi) is 19.3. The number of nitrogens with one attached hydrogen (secondary N) is 1. The maximum Gasteiger partial charge on any atom is 0.234 e. The summed E-state index contributed by atoms with van der Waals surface area (Å²) >= 11 is 0. The largest absolute Gasteiger partial charge is 0.351 e. The molecule has 1 amide bonds. The van der Waals surface area contributed by atoms with Crippen LogP contribution in [0.2, 0.25) is 0 Å². The van der Waals surface area contributed by atoms with Crippen LogP contribution in [0.5, 0.6) is 0 Å². The number of carbonyl (C=O) groups is 1. The fourth-order valence-electron chi connectivity index (χ4n) is 1.62. The van der Waals surface area contributed by atoms with Gasteiger partial charge in [0.2, 0.25) is 5.91 Å². The van der Waals surface area contributed by atoms with Gasteiger partial charge in [0.25, 0.3) is 0 Å². The lowest BCUT2D eigenvalue weighted by atomic mass is 10.1. The molecule has 112 valence electrons. The lowest BCUT2D eigenvalue weighted by Crippen LogP contribution is -2.45. The lowest BCUT2D eigenvalue weighted by molar-refractivity contribution is -0.122. The van der Waals surface area contributed by atoms with Crippen LogP contribution in [0.4, 0.5) is 0 Å². The summed E-state index contributed by atoms with van der Waals surface area (Å²) in [5, 5.41) is 2.99. The van der Waals surface area contributed by atoms with Crippen molar-refractivity contribution in [2.24, 2.45) is 5.73 Å². The molecular weight excluding hydrogens is 273 g/mol. The van der Waals surface area contributed by atoms with E-state index in [1.165, 1.54) is 0 Å². The Bertz CT molecular complexity index is 190. The molecule has 0 aromatic carbocycles. The van der Waals surface area contributed by atoms with E-state index in [9.17, 15) is 4.79 Å². The summed E-state index contributed by atoms with van der Waals surface area (Å²) in [4.78, 5) is 13.8. The minimum absolute atomic E-state index is 0. The maximum atomic E-state index is 11.7. The monoisotopic (exact) mass is 301 g/mol. The average Bonchev–Trinajstić information content (AvgIpc) is 2.31. The SMILES string of the molecule is CCCCC(CN)NC(=O)CN(CC)CC.Cl.Cl. The first kappa shape index (κ1) is 23.1. The predicted octanol–water partition coefficient (Wildman–Crippen LogP) is 1.81. The van der Waals surface area contributed by atoms with Crippen LogP contribution in [0.3, 0.4) is 0 Å². The molecule has 0 aliphatic heterocycles. The van der Waals surface area contributed by atoms with Crippen molar-refractivity contribution in [1.82, 2.24) is 10.2 Å². The molecule has 3 N–H and O–H groups in total. The van der Waals surface area contributed by atoms with E-state index in [0.29, 0.717) is 13.1 Å². The first-order valence-corrected chi connectivity index (χ1v) is 6.39. The molecule has 4 nitrogen and oxygen atoms in total. The molecule has 0 aliphatic carbocycles. The van der Waals surface area contributed by atoms with Gasteiger partial charge in [0.1, 0.15) is 0 Å². The Balaban J connectivity index is -0.00000112. The summed E-state index contributed by atoms with van der Waals surface area (Å²) in [6, 6.07) is 0.142. The second-order valence-electron chi connectivity index (χ2n) is 4.10. The molecule has 0 aromatic heterocycles. The van der Waals surface area contributed by atoms with Crippen LogP contribution < -0.4 is 11.1 Å². The number of rotatable bonds is 9. The van der Waals surface area contributed by atoms with Crippen LogP contribution in [-0.4, -0.2) is 43.0 Å². The Morgan fingerprint density at radius 3 is 2.17 bits per heavy atom. The smallest absolute Gasteiger partial charge is 0.234 e. The van der Waals surface area contributed by atoms with Crippen molar-refractivity contribution in [1.29, 1.82) is 0 Å². The molecular formula is C12H29Cl2N3O. The van der Waals surface area contributed by atoms with Crippen LogP contribution >= 0.6 is 24.8 Å². The number of unbranched alkanes of at least 4 members (excludes halogenated alkanes) is 1. The lowest BCUT2D eigenvalue weighted by Gasteiger charge is -2.21. The van der Waals surface area contributed by atoms with Gasteiger partial charge in [-0.1, -0.05) is 33.6 Å². The number of likely N-dealkylation sites (N-methyl/N-ethyl adjacent to an activating group) is 1. The van der Waals surface area contributed by atoms with E-state index in [1.807, 2.05) is 0 Å². The van der Waals surface area contributed by atoms with Crippen LogP contribution in [0.1, 0.15) is 40.0 Å². The highest BCUT2D eigenvalue weighted by molar-refractivity contribution is 5.85. The van der Waals surface area contributed by atoms with Crippen LogP contribution in [0.15, 0.2) is 0 Å². The molecule has 1 atom stereocenters.